The fourth-order valence-electron chi connectivity index (χ4n) is 0.747. The molecule has 0 aromatic heterocycles. The Kier molecular flexibility index (Phi) is 5.71. The van der Waals surface area contributed by atoms with Crippen LogP contribution >= 0.6 is 0 Å². The Hall–Kier alpha value is -0.570. The molecular weight excluding hydrogens is 166 g/mol. The molecule has 0 radical (unpaired) electrons. The second kappa shape index (κ2) is 5.97. The third-order valence-corrected chi connectivity index (χ3v) is 1.84. The van der Waals surface area contributed by atoms with Crippen molar-refractivity contribution in [3.63, 3.8) is 0 Å². The van der Waals surface area contributed by atoms with Crippen LogP contribution in [-0.4, -0.2) is 18.6 Å². The molecule has 0 spiro atoms. The predicted molar refractivity (Wildman–Crippen MR) is 53.2 cm³/mol. The molecule has 78 valence electrons. The van der Waals surface area contributed by atoms with Crippen molar-refractivity contribution in [2.24, 2.45) is 17.6 Å². The Balaban J connectivity index is 3.62. The second-order valence-electron chi connectivity index (χ2n) is 4.19. The Morgan fingerprint density at radius 2 is 1.85 bits per heavy atom. The SMILES string of the molecule is CC(C)COC(=O)CC(N)C(C)C. The summed E-state index contributed by atoms with van der Waals surface area (Å²) < 4.78 is 5.01. The molecule has 0 fully saturated rings. The molecule has 13 heavy (non-hydrogen) atoms. The van der Waals surface area contributed by atoms with Gasteiger partial charge in [-0.25, -0.2) is 0 Å². The van der Waals surface area contributed by atoms with Crippen LogP contribution in [0.15, 0.2) is 0 Å². The van der Waals surface area contributed by atoms with Gasteiger partial charge in [-0.1, -0.05) is 27.7 Å². The molecule has 1 unspecified atom stereocenters. The van der Waals surface area contributed by atoms with E-state index >= 15 is 0 Å². The van der Waals surface area contributed by atoms with Gasteiger partial charge in [0, 0.05) is 6.04 Å². The van der Waals surface area contributed by atoms with Gasteiger partial charge >= 0.3 is 5.97 Å². The molecule has 0 aromatic carbocycles. The summed E-state index contributed by atoms with van der Waals surface area (Å²) in [6.45, 7) is 8.51. The third-order valence-electron chi connectivity index (χ3n) is 1.84. The van der Waals surface area contributed by atoms with Gasteiger partial charge in [-0.15, -0.1) is 0 Å². The first kappa shape index (κ1) is 12.4. The van der Waals surface area contributed by atoms with Gasteiger partial charge in [-0.3, -0.25) is 4.79 Å². The second-order valence-corrected chi connectivity index (χ2v) is 4.19. The summed E-state index contributed by atoms with van der Waals surface area (Å²) in [6, 6.07) is -0.0836. The van der Waals surface area contributed by atoms with Crippen molar-refractivity contribution in [3.05, 3.63) is 0 Å². The molecule has 0 aliphatic carbocycles. The van der Waals surface area contributed by atoms with E-state index in [1.807, 2.05) is 27.7 Å². The highest BCUT2D eigenvalue weighted by Gasteiger charge is 2.13. The first-order chi connectivity index (χ1) is 5.93. The van der Waals surface area contributed by atoms with Gasteiger partial charge in [-0.2, -0.15) is 0 Å². The smallest absolute Gasteiger partial charge is 0.307 e. The summed E-state index contributed by atoms with van der Waals surface area (Å²) in [5, 5.41) is 0. The molecule has 0 amide bonds. The van der Waals surface area contributed by atoms with Gasteiger partial charge in [0.15, 0.2) is 0 Å². The number of carbonyl (C=O) groups is 1. The van der Waals surface area contributed by atoms with E-state index in [1.165, 1.54) is 0 Å². The quantitative estimate of drug-likeness (QED) is 0.664. The molecule has 2 N–H and O–H groups in total. The van der Waals surface area contributed by atoms with E-state index in [-0.39, 0.29) is 12.0 Å². The summed E-state index contributed by atoms with van der Waals surface area (Å²) in [5.74, 6) is 0.528. The molecular formula is C10H21NO2. The molecule has 0 bridgehead atoms. The Morgan fingerprint density at radius 3 is 2.23 bits per heavy atom. The average Bonchev–Trinajstić information content (AvgIpc) is 2.00. The number of hydrogen-bond acceptors (Lipinski definition) is 3. The van der Waals surface area contributed by atoms with Crippen LogP contribution in [0, 0.1) is 11.8 Å². The van der Waals surface area contributed by atoms with Gasteiger partial charge in [0.2, 0.25) is 0 Å². The normalized spacial score (nSPS) is 13.5. The molecule has 1 atom stereocenters. The van der Waals surface area contributed by atoms with Crippen molar-refractivity contribution in [3.8, 4) is 0 Å². The number of ether oxygens (including phenoxy) is 1. The maximum atomic E-state index is 11.2. The van der Waals surface area contributed by atoms with E-state index < -0.39 is 0 Å². The maximum Gasteiger partial charge on any atom is 0.307 e. The third kappa shape index (κ3) is 6.58. The summed E-state index contributed by atoms with van der Waals surface area (Å²) >= 11 is 0. The minimum Gasteiger partial charge on any atom is -0.465 e. The van der Waals surface area contributed by atoms with Crippen LogP contribution in [-0.2, 0) is 9.53 Å². The minimum absolute atomic E-state index is 0.0836. The first-order valence-electron chi connectivity index (χ1n) is 4.84. The van der Waals surface area contributed by atoms with Crippen LogP contribution in [0.4, 0.5) is 0 Å². The lowest BCUT2D eigenvalue weighted by atomic mass is 10.0. The van der Waals surface area contributed by atoms with Crippen molar-refractivity contribution < 1.29 is 9.53 Å². The number of rotatable bonds is 5. The van der Waals surface area contributed by atoms with E-state index in [2.05, 4.69) is 0 Å². The lowest BCUT2D eigenvalue weighted by Gasteiger charge is -2.15. The van der Waals surface area contributed by atoms with Crippen molar-refractivity contribution in [1.82, 2.24) is 0 Å². The summed E-state index contributed by atoms with van der Waals surface area (Å²) in [6.07, 6.45) is 0.324. The van der Waals surface area contributed by atoms with Crippen LogP contribution in [0.25, 0.3) is 0 Å². The van der Waals surface area contributed by atoms with Gasteiger partial charge < -0.3 is 10.5 Å². The molecule has 0 heterocycles. The van der Waals surface area contributed by atoms with Crippen LogP contribution < -0.4 is 5.73 Å². The zero-order valence-corrected chi connectivity index (χ0v) is 9.04. The van der Waals surface area contributed by atoms with Crippen molar-refractivity contribution in [1.29, 1.82) is 0 Å². The number of hydrogen-bond donors (Lipinski definition) is 1. The summed E-state index contributed by atoms with van der Waals surface area (Å²) in [7, 11) is 0. The standard InChI is InChI=1S/C10H21NO2/c1-7(2)6-13-10(12)5-9(11)8(3)4/h7-9H,5-6,11H2,1-4H3. The van der Waals surface area contributed by atoms with Crippen LogP contribution in [0.3, 0.4) is 0 Å². The Bertz CT molecular complexity index is 155. The van der Waals surface area contributed by atoms with E-state index in [0.717, 1.165) is 0 Å². The fraction of sp³-hybridized carbons (Fsp3) is 0.900. The largest absolute Gasteiger partial charge is 0.465 e. The van der Waals surface area contributed by atoms with E-state index in [9.17, 15) is 4.79 Å². The van der Waals surface area contributed by atoms with Gasteiger partial charge in [0.25, 0.3) is 0 Å². The predicted octanol–water partition coefficient (Wildman–Crippen LogP) is 1.56. The van der Waals surface area contributed by atoms with Gasteiger partial charge in [0.1, 0.15) is 0 Å². The number of carbonyl (C=O) groups excluding carboxylic acids is 1. The molecule has 0 aromatic rings. The number of nitrogens with two attached hydrogens (primary N) is 1. The molecule has 0 saturated heterocycles. The van der Waals surface area contributed by atoms with Crippen LogP contribution in [0.5, 0.6) is 0 Å². The lowest BCUT2D eigenvalue weighted by Crippen LogP contribution is -2.30. The topological polar surface area (TPSA) is 52.3 Å². The highest BCUT2D eigenvalue weighted by atomic mass is 16.5. The number of esters is 1. The summed E-state index contributed by atoms with van der Waals surface area (Å²) in [4.78, 5) is 11.2. The van der Waals surface area contributed by atoms with Crippen LogP contribution in [0.1, 0.15) is 34.1 Å². The molecule has 0 rings (SSSR count). The molecule has 0 aliphatic heterocycles. The van der Waals surface area contributed by atoms with E-state index in [0.29, 0.717) is 24.9 Å². The molecule has 3 nitrogen and oxygen atoms in total. The van der Waals surface area contributed by atoms with Crippen molar-refractivity contribution in [2.45, 2.75) is 40.2 Å². The van der Waals surface area contributed by atoms with Gasteiger partial charge in [-0.05, 0) is 11.8 Å². The highest BCUT2D eigenvalue weighted by Crippen LogP contribution is 2.04. The zero-order valence-electron chi connectivity index (χ0n) is 9.04. The maximum absolute atomic E-state index is 11.2. The van der Waals surface area contributed by atoms with E-state index in [4.69, 9.17) is 10.5 Å². The zero-order chi connectivity index (χ0) is 10.4. The Morgan fingerprint density at radius 1 is 1.31 bits per heavy atom. The fourth-order valence-corrected chi connectivity index (χ4v) is 0.747. The van der Waals surface area contributed by atoms with Gasteiger partial charge in [0.05, 0.1) is 13.0 Å². The summed E-state index contributed by atoms with van der Waals surface area (Å²) in [5.41, 5.74) is 5.72. The minimum atomic E-state index is -0.185. The van der Waals surface area contributed by atoms with E-state index in [1.54, 1.807) is 0 Å². The average molecular weight is 187 g/mol. The highest BCUT2D eigenvalue weighted by molar-refractivity contribution is 5.70. The monoisotopic (exact) mass is 187 g/mol. The van der Waals surface area contributed by atoms with Crippen molar-refractivity contribution >= 4 is 5.97 Å². The molecule has 0 aliphatic rings. The molecule has 0 saturated carbocycles. The molecule has 3 heteroatoms. The van der Waals surface area contributed by atoms with Crippen molar-refractivity contribution in [2.75, 3.05) is 6.61 Å². The first-order valence-corrected chi connectivity index (χ1v) is 4.84. The Labute approximate surface area is 80.6 Å². The lowest BCUT2D eigenvalue weighted by molar-refractivity contribution is -0.145. The van der Waals surface area contributed by atoms with Crippen LogP contribution in [0.2, 0.25) is 0 Å².